The van der Waals surface area contributed by atoms with Crippen LogP contribution in [-0.2, 0) is 11.2 Å². The smallest absolute Gasteiger partial charge is 0.234 e. The van der Waals surface area contributed by atoms with Crippen LogP contribution in [-0.4, -0.2) is 40.6 Å². The molecule has 29 heavy (non-hydrogen) atoms. The normalized spacial score (nSPS) is 10.6. The minimum Gasteiger partial charge on any atom is -0.495 e. The van der Waals surface area contributed by atoms with Crippen LogP contribution < -0.4 is 14.8 Å². The van der Waals surface area contributed by atoms with E-state index in [1.807, 2.05) is 22.8 Å². The molecule has 9 heteroatoms. The molecule has 0 aliphatic rings. The number of nitrogens with one attached hydrogen (secondary N) is 1. The van der Waals surface area contributed by atoms with Crippen LogP contribution in [0.3, 0.4) is 0 Å². The summed E-state index contributed by atoms with van der Waals surface area (Å²) < 4.78 is 12.4. The Morgan fingerprint density at radius 3 is 2.69 bits per heavy atom. The second-order valence-corrected chi connectivity index (χ2v) is 7.34. The molecular weight excluding hydrogens is 412 g/mol. The topological polar surface area (TPSA) is 78.3 Å². The first-order valence-electron chi connectivity index (χ1n) is 8.89. The van der Waals surface area contributed by atoms with Crippen LogP contribution in [0.4, 0.5) is 5.69 Å². The highest BCUT2D eigenvalue weighted by Crippen LogP contribution is 2.36. The van der Waals surface area contributed by atoms with Gasteiger partial charge in [-0.1, -0.05) is 48.5 Å². The van der Waals surface area contributed by atoms with Crippen molar-refractivity contribution in [2.45, 2.75) is 18.5 Å². The molecule has 3 rings (SSSR count). The Morgan fingerprint density at radius 1 is 1.21 bits per heavy atom. The van der Waals surface area contributed by atoms with Crippen molar-refractivity contribution in [1.82, 2.24) is 14.8 Å². The van der Waals surface area contributed by atoms with Gasteiger partial charge in [-0.25, -0.2) is 0 Å². The standard InChI is InChI=1S/C20H21ClN4O3S/c1-4-13-7-5-6-8-16(13)25-12-22-24-20(25)29-11-19(26)23-15-9-14(21)17(27-2)10-18(15)28-3/h5-10,12H,4,11H2,1-3H3,(H,23,26). The fourth-order valence-corrected chi connectivity index (χ4v) is 3.77. The highest BCUT2D eigenvalue weighted by molar-refractivity contribution is 7.99. The molecule has 7 nitrogen and oxygen atoms in total. The molecule has 1 aromatic heterocycles. The monoisotopic (exact) mass is 432 g/mol. The molecule has 0 radical (unpaired) electrons. The van der Waals surface area contributed by atoms with E-state index in [0.717, 1.165) is 12.1 Å². The van der Waals surface area contributed by atoms with Crippen LogP contribution in [0.25, 0.3) is 5.69 Å². The minimum atomic E-state index is -0.215. The van der Waals surface area contributed by atoms with Crippen molar-refractivity contribution in [3.05, 3.63) is 53.3 Å². The Hall–Kier alpha value is -2.71. The molecule has 0 atom stereocenters. The van der Waals surface area contributed by atoms with Crippen LogP contribution in [0, 0.1) is 0 Å². The maximum atomic E-state index is 12.5. The number of carbonyl (C=O) groups excluding carboxylic acids is 1. The summed E-state index contributed by atoms with van der Waals surface area (Å²) in [5.74, 6) is 0.871. The number of anilines is 1. The molecule has 1 heterocycles. The number of carbonyl (C=O) groups is 1. The van der Waals surface area contributed by atoms with E-state index in [1.54, 1.807) is 18.5 Å². The number of aryl methyl sites for hydroxylation is 1. The third-order valence-electron chi connectivity index (χ3n) is 4.23. The van der Waals surface area contributed by atoms with Crippen LogP contribution >= 0.6 is 23.4 Å². The molecule has 0 unspecified atom stereocenters. The molecule has 2 aromatic carbocycles. The summed E-state index contributed by atoms with van der Waals surface area (Å²) in [6, 6.07) is 11.3. The second-order valence-electron chi connectivity index (χ2n) is 5.99. The van der Waals surface area contributed by atoms with Crippen LogP contribution in [0.1, 0.15) is 12.5 Å². The molecule has 1 N–H and O–H groups in total. The van der Waals surface area contributed by atoms with Crippen molar-refractivity contribution in [2.75, 3.05) is 25.3 Å². The highest BCUT2D eigenvalue weighted by Gasteiger charge is 2.15. The van der Waals surface area contributed by atoms with Gasteiger partial charge >= 0.3 is 0 Å². The van der Waals surface area contributed by atoms with E-state index in [0.29, 0.717) is 27.4 Å². The van der Waals surface area contributed by atoms with Crippen molar-refractivity contribution >= 4 is 35.0 Å². The average molecular weight is 433 g/mol. The van der Waals surface area contributed by atoms with Crippen molar-refractivity contribution in [3.8, 4) is 17.2 Å². The maximum Gasteiger partial charge on any atom is 0.234 e. The highest BCUT2D eigenvalue weighted by atomic mass is 35.5. The van der Waals surface area contributed by atoms with Gasteiger partial charge in [0.2, 0.25) is 5.91 Å². The van der Waals surface area contributed by atoms with Gasteiger partial charge in [0, 0.05) is 6.07 Å². The summed E-state index contributed by atoms with van der Waals surface area (Å²) in [4.78, 5) is 12.5. The first-order chi connectivity index (χ1) is 14.1. The number of benzene rings is 2. The molecule has 3 aromatic rings. The number of nitrogens with zero attached hydrogens (tertiary/aromatic N) is 3. The number of ether oxygens (including phenoxy) is 2. The van der Waals surface area contributed by atoms with Gasteiger partial charge in [0.15, 0.2) is 5.16 Å². The summed E-state index contributed by atoms with van der Waals surface area (Å²) in [6.07, 6.45) is 2.54. The van der Waals surface area contributed by atoms with Gasteiger partial charge in [-0.15, -0.1) is 10.2 Å². The van der Waals surface area contributed by atoms with Crippen molar-refractivity contribution in [2.24, 2.45) is 0 Å². The van der Waals surface area contributed by atoms with Gasteiger partial charge < -0.3 is 14.8 Å². The number of amides is 1. The van der Waals surface area contributed by atoms with E-state index in [-0.39, 0.29) is 11.7 Å². The Kier molecular flexibility index (Phi) is 7.00. The zero-order valence-corrected chi connectivity index (χ0v) is 17.9. The van der Waals surface area contributed by atoms with Gasteiger partial charge in [0.05, 0.1) is 36.4 Å². The van der Waals surface area contributed by atoms with Gasteiger partial charge in [-0.05, 0) is 24.1 Å². The van der Waals surface area contributed by atoms with E-state index < -0.39 is 0 Å². The van der Waals surface area contributed by atoms with E-state index >= 15 is 0 Å². The third kappa shape index (κ3) is 4.83. The Balaban J connectivity index is 1.72. The Labute approximate surface area is 178 Å². The second kappa shape index (κ2) is 9.67. The number of hydrogen-bond acceptors (Lipinski definition) is 6. The number of hydrogen-bond donors (Lipinski definition) is 1. The average Bonchev–Trinajstić information content (AvgIpc) is 3.21. The van der Waals surface area contributed by atoms with E-state index in [9.17, 15) is 4.79 Å². The fourth-order valence-electron chi connectivity index (χ4n) is 2.81. The lowest BCUT2D eigenvalue weighted by atomic mass is 10.1. The summed E-state index contributed by atoms with van der Waals surface area (Å²) in [5, 5.41) is 12.0. The van der Waals surface area contributed by atoms with Crippen molar-refractivity contribution in [3.63, 3.8) is 0 Å². The SMILES string of the molecule is CCc1ccccc1-n1cnnc1SCC(=O)Nc1cc(Cl)c(OC)cc1OC. The van der Waals surface area contributed by atoms with Gasteiger partial charge in [-0.3, -0.25) is 9.36 Å². The first-order valence-corrected chi connectivity index (χ1v) is 10.3. The Morgan fingerprint density at radius 2 is 1.97 bits per heavy atom. The Bertz CT molecular complexity index is 1010. The predicted molar refractivity (Wildman–Crippen MR) is 115 cm³/mol. The van der Waals surface area contributed by atoms with Crippen molar-refractivity contribution in [1.29, 1.82) is 0 Å². The molecule has 0 saturated heterocycles. The molecule has 0 aliphatic heterocycles. The molecule has 0 bridgehead atoms. The molecule has 1 amide bonds. The molecular formula is C20H21ClN4O3S. The lowest BCUT2D eigenvalue weighted by Crippen LogP contribution is -2.15. The molecule has 0 fully saturated rings. The van der Waals surface area contributed by atoms with Gasteiger partial charge in [0.25, 0.3) is 0 Å². The first kappa shape index (κ1) is 21.0. The lowest BCUT2D eigenvalue weighted by Gasteiger charge is -2.13. The number of methoxy groups -OCH3 is 2. The van der Waals surface area contributed by atoms with Crippen molar-refractivity contribution < 1.29 is 14.3 Å². The zero-order valence-electron chi connectivity index (χ0n) is 16.3. The van der Waals surface area contributed by atoms with E-state index in [2.05, 4.69) is 28.5 Å². The number of para-hydroxylation sites is 1. The molecule has 152 valence electrons. The zero-order chi connectivity index (χ0) is 20.8. The molecule has 0 saturated carbocycles. The number of aromatic nitrogens is 3. The minimum absolute atomic E-state index is 0.153. The summed E-state index contributed by atoms with van der Waals surface area (Å²) in [7, 11) is 3.03. The van der Waals surface area contributed by atoms with Gasteiger partial charge in [0.1, 0.15) is 17.8 Å². The van der Waals surface area contributed by atoms with Crippen LogP contribution in [0.5, 0.6) is 11.5 Å². The quantitative estimate of drug-likeness (QED) is 0.536. The molecule has 0 aliphatic carbocycles. The van der Waals surface area contributed by atoms with Gasteiger partial charge in [-0.2, -0.15) is 0 Å². The number of halogens is 1. The van der Waals surface area contributed by atoms with Crippen LogP contribution in [0.2, 0.25) is 5.02 Å². The van der Waals surface area contributed by atoms with E-state index in [1.165, 1.54) is 31.5 Å². The lowest BCUT2D eigenvalue weighted by molar-refractivity contribution is -0.113. The number of rotatable bonds is 8. The molecule has 0 spiro atoms. The summed E-state index contributed by atoms with van der Waals surface area (Å²) in [6.45, 7) is 2.09. The summed E-state index contributed by atoms with van der Waals surface area (Å²) in [5.41, 5.74) is 2.66. The fraction of sp³-hybridized carbons (Fsp3) is 0.250. The third-order valence-corrected chi connectivity index (χ3v) is 5.47. The largest absolute Gasteiger partial charge is 0.495 e. The van der Waals surface area contributed by atoms with E-state index in [4.69, 9.17) is 21.1 Å². The van der Waals surface area contributed by atoms with Crippen LogP contribution in [0.15, 0.2) is 47.9 Å². The predicted octanol–water partition coefficient (Wildman–Crippen LogP) is 4.23. The number of thioether (sulfide) groups is 1. The maximum absolute atomic E-state index is 12.5. The summed E-state index contributed by atoms with van der Waals surface area (Å²) >= 11 is 7.46.